The van der Waals surface area contributed by atoms with E-state index in [0.29, 0.717) is 6.04 Å². The number of nitrogens with one attached hydrogen (secondary N) is 1. The lowest BCUT2D eigenvalue weighted by Crippen LogP contribution is -2.35. The maximum absolute atomic E-state index is 5.84. The summed E-state index contributed by atoms with van der Waals surface area (Å²) in [6, 6.07) is 8.79. The predicted octanol–water partition coefficient (Wildman–Crippen LogP) is 4.00. The summed E-state index contributed by atoms with van der Waals surface area (Å²) in [5.41, 5.74) is 0. The molecule has 1 nitrogen and oxygen atoms in total. The molecular formula is C12H17Cl2NS. The van der Waals surface area contributed by atoms with Crippen LogP contribution in [0.15, 0.2) is 29.2 Å². The molecule has 0 spiro atoms. The second kappa shape index (κ2) is 7.44. The average Bonchev–Trinajstić information content (AvgIpc) is 2.30. The Morgan fingerprint density at radius 2 is 2.00 bits per heavy atom. The van der Waals surface area contributed by atoms with Crippen molar-refractivity contribution in [2.45, 2.75) is 30.2 Å². The predicted molar refractivity (Wildman–Crippen MR) is 75.1 cm³/mol. The third kappa shape index (κ3) is 4.54. The van der Waals surface area contributed by atoms with Crippen LogP contribution in [0.25, 0.3) is 0 Å². The van der Waals surface area contributed by atoms with Crippen molar-refractivity contribution < 1.29 is 0 Å². The van der Waals surface area contributed by atoms with Gasteiger partial charge in [-0.2, -0.15) is 0 Å². The summed E-state index contributed by atoms with van der Waals surface area (Å²) in [6.45, 7) is 1.19. The van der Waals surface area contributed by atoms with E-state index in [-0.39, 0.29) is 12.4 Å². The number of halogens is 2. The Labute approximate surface area is 113 Å². The molecule has 1 aliphatic rings. The second-order valence-electron chi connectivity index (χ2n) is 3.91. The summed E-state index contributed by atoms with van der Waals surface area (Å²) >= 11 is 7.75. The molecule has 1 heterocycles. The Morgan fingerprint density at radius 3 is 2.62 bits per heavy atom. The molecule has 0 radical (unpaired) electrons. The fourth-order valence-electron chi connectivity index (χ4n) is 1.79. The van der Waals surface area contributed by atoms with E-state index in [4.69, 9.17) is 11.6 Å². The van der Waals surface area contributed by atoms with Gasteiger partial charge >= 0.3 is 0 Å². The smallest absolute Gasteiger partial charge is 0.0406 e. The van der Waals surface area contributed by atoms with Crippen LogP contribution in [0.4, 0.5) is 0 Å². The van der Waals surface area contributed by atoms with Gasteiger partial charge in [0.15, 0.2) is 0 Å². The number of rotatable bonds is 3. The zero-order valence-corrected chi connectivity index (χ0v) is 11.5. The molecule has 0 amide bonds. The molecule has 0 bridgehead atoms. The maximum Gasteiger partial charge on any atom is 0.0406 e. The summed E-state index contributed by atoms with van der Waals surface area (Å²) in [6.07, 6.45) is 4.03. The first-order valence-corrected chi connectivity index (χ1v) is 6.83. The van der Waals surface area contributed by atoms with Gasteiger partial charge in [0.05, 0.1) is 0 Å². The standard InChI is InChI=1S/C12H16ClNS.ClH/c13-10-4-6-12(7-5-10)15-9-11-3-1-2-8-14-11;/h4-7,11,14H,1-3,8-9H2;1H. The van der Waals surface area contributed by atoms with Gasteiger partial charge in [0.25, 0.3) is 0 Å². The van der Waals surface area contributed by atoms with Gasteiger partial charge < -0.3 is 5.32 Å². The summed E-state index contributed by atoms with van der Waals surface area (Å²) in [5.74, 6) is 1.17. The molecule has 1 saturated heterocycles. The van der Waals surface area contributed by atoms with Crippen LogP contribution >= 0.6 is 35.8 Å². The first-order valence-electron chi connectivity index (χ1n) is 5.46. The Morgan fingerprint density at radius 1 is 1.25 bits per heavy atom. The SMILES string of the molecule is Cl.Clc1ccc(SCC2CCCCN2)cc1. The monoisotopic (exact) mass is 277 g/mol. The van der Waals surface area contributed by atoms with Crippen molar-refractivity contribution in [2.24, 2.45) is 0 Å². The molecule has 1 fully saturated rings. The summed E-state index contributed by atoms with van der Waals surface area (Å²) < 4.78 is 0. The fraction of sp³-hybridized carbons (Fsp3) is 0.500. The highest BCUT2D eigenvalue weighted by molar-refractivity contribution is 7.99. The molecule has 1 atom stereocenters. The Balaban J connectivity index is 0.00000128. The first kappa shape index (κ1) is 14.2. The number of hydrogen-bond acceptors (Lipinski definition) is 2. The van der Waals surface area contributed by atoms with Crippen LogP contribution in [0.2, 0.25) is 5.02 Å². The van der Waals surface area contributed by atoms with Crippen LogP contribution in [0, 0.1) is 0 Å². The highest BCUT2D eigenvalue weighted by Gasteiger charge is 2.12. The lowest BCUT2D eigenvalue weighted by molar-refractivity contribution is 0.430. The van der Waals surface area contributed by atoms with Crippen LogP contribution in [0.1, 0.15) is 19.3 Å². The largest absolute Gasteiger partial charge is 0.313 e. The minimum absolute atomic E-state index is 0. The Hall–Kier alpha value is 0.110. The zero-order valence-electron chi connectivity index (χ0n) is 9.12. The molecule has 0 aromatic heterocycles. The van der Waals surface area contributed by atoms with Crippen LogP contribution in [-0.2, 0) is 0 Å². The zero-order chi connectivity index (χ0) is 10.5. The normalized spacial score (nSPS) is 20.2. The quantitative estimate of drug-likeness (QED) is 0.839. The second-order valence-corrected chi connectivity index (χ2v) is 5.44. The molecule has 2 rings (SSSR count). The van der Waals surface area contributed by atoms with Crippen LogP contribution in [0.5, 0.6) is 0 Å². The van der Waals surface area contributed by atoms with Crippen LogP contribution < -0.4 is 5.32 Å². The number of benzene rings is 1. The van der Waals surface area contributed by atoms with Gasteiger partial charge in [-0.25, -0.2) is 0 Å². The van der Waals surface area contributed by atoms with E-state index >= 15 is 0 Å². The van der Waals surface area contributed by atoms with Gasteiger partial charge in [0.1, 0.15) is 0 Å². The molecule has 0 aliphatic carbocycles. The Kier molecular flexibility index (Phi) is 6.59. The van der Waals surface area contributed by atoms with E-state index in [1.165, 1.54) is 36.5 Å². The molecule has 16 heavy (non-hydrogen) atoms. The maximum atomic E-state index is 5.84. The number of piperidine rings is 1. The summed E-state index contributed by atoms with van der Waals surface area (Å²) in [7, 11) is 0. The molecule has 1 aromatic rings. The van der Waals surface area contributed by atoms with E-state index < -0.39 is 0 Å². The summed E-state index contributed by atoms with van der Waals surface area (Å²) in [5, 5.41) is 4.37. The first-order chi connectivity index (χ1) is 7.34. The minimum Gasteiger partial charge on any atom is -0.313 e. The minimum atomic E-state index is 0. The molecule has 0 saturated carbocycles. The van der Waals surface area contributed by atoms with Gasteiger partial charge in [-0.1, -0.05) is 18.0 Å². The molecule has 1 aromatic carbocycles. The molecule has 4 heteroatoms. The number of hydrogen-bond donors (Lipinski definition) is 1. The number of thioether (sulfide) groups is 1. The van der Waals surface area contributed by atoms with E-state index in [1.54, 1.807) is 0 Å². The summed E-state index contributed by atoms with van der Waals surface area (Å²) in [4.78, 5) is 1.31. The van der Waals surface area contributed by atoms with Crippen LogP contribution in [0.3, 0.4) is 0 Å². The Bertz CT molecular complexity index is 296. The third-order valence-electron chi connectivity index (χ3n) is 2.68. The molecule has 1 unspecified atom stereocenters. The van der Waals surface area contributed by atoms with Crippen molar-refractivity contribution >= 4 is 35.8 Å². The molecule has 1 aliphatic heterocycles. The lowest BCUT2D eigenvalue weighted by atomic mass is 10.1. The van der Waals surface area contributed by atoms with Gasteiger partial charge in [-0.15, -0.1) is 24.2 Å². The van der Waals surface area contributed by atoms with Gasteiger partial charge in [-0.3, -0.25) is 0 Å². The van der Waals surface area contributed by atoms with Crippen LogP contribution in [-0.4, -0.2) is 18.3 Å². The van der Waals surface area contributed by atoms with E-state index in [1.807, 2.05) is 23.9 Å². The van der Waals surface area contributed by atoms with Crippen molar-refractivity contribution in [3.05, 3.63) is 29.3 Å². The molecule has 1 N–H and O–H groups in total. The molecule has 90 valence electrons. The van der Waals surface area contributed by atoms with Gasteiger partial charge in [0.2, 0.25) is 0 Å². The molecular weight excluding hydrogens is 261 g/mol. The van der Waals surface area contributed by atoms with E-state index in [0.717, 1.165) is 5.02 Å². The van der Waals surface area contributed by atoms with Crippen molar-refractivity contribution in [3.63, 3.8) is 0 Å². The van der Waals surface area contributed by atoms with Crippen molar-refractivity contribution in [2.75, 3.05) is 12.3 Å². The highest BCUT2D eigenvalue weighted by Crippen LogP contribution is 2.22. The van der Waals surface area contributed by atoms with Gasteiger partial charge in [-0.05, 0) is 43.7 Å². The topological polar surface area (TPSA) is 12.0 Å². The van der Waals surface area contributed by atoms with E-state index in [9.17, 15) is 0 Å². The van der Waals surface area contributed by atoms with E-state index in [2.05, 4.69) is 17.4 Å². The van der Waals surface area contributed by atoms with Crippen molar-refractivity contribution in [1.82, 2.24) is 5.32 Å². The lowest BCUT2D eigenvalue weighted by Gasteiger charge is -2.22. The average molecular weight is 278 g/mol. The third-order valence-corrected chi connectivity index (χ3v) is 4.10. The van der Waals surface area contributed by atoms with Crippen molar-refractivity contribution in [1.29, 1.82) is 0 Å². The highest BCUT2D eigenvalue weighted by atomic mass is 35.5. The fourth-order valence-corrected chi connectivity index (χ4v) is 2.93. The van der Waals surface area contributed by atoms with Crippen molar-refractivity contribution in [3.8, 4) is 0 Å². The van der Waals surface area contributed by atoms with Gasteiger partial charge in [0, 0.05) is 21.7 Å².